The van der Waals surface area contributed by atoms with Gasteiger partial charge in [-0.1, -0.05) is 197 Å². The molecular weight excluding hydrogens is 995 g/mol. The zero-order valence-corrected chi connectivity index (χ0v) is 49.5. The maximum absolute atomic E-state index is 18.1. The molecule has 0 amide bonds. The molecule has 0 saturated carbocycles. The Kier molecular flexibility index (Phi) is 15.6. The lowest BCUT2D eigenvalue weighted by Gasteiger charge is -2.42. The minimum Gasteiger partial charge on any atom is -0.201 e. The summed E-state index contributed by atoms with van der Waals surface area (Å²) in [7, 11) is -20.6. The van der Waals surface area contributed by atoms with E-state index in [1.54, 1.807) is 72.8 Å². The molecule has 0 fully saturated rings. The Morgan fingerprint density at radius 1 is 0.260 bits per heavy atom. The van der Waals surface area contributed by atoms with Crippen LogP contribution < -0.4 is 0 Å². The molecule has 6 rings (SSSR count). The Balaban J connectivity index is 1.66. The van der Waals surface area contributed by atoms with Gasteiger partial charge in [0.25, 0.3) is 0 Å². The van der Waals surface area contributed by atoms with Crippen LogP contribution in [0, 0.1) is 0 Å². The first kappa shape index (κ1) is 58.0. The molecule has 0 aliphatic carbocycles. The van der Waals surface area contributed by atoms with Gasteiger partial charge in [0.1, 0.15) is 0 Å². The summed E-state index contributed by atoms with van der Waals surface area (Å²) in [6.07, 6.45) is 0. The average molecular weight is 1070 g/mol. The SMILES string of the molecule is CC(C)(C)c1ccc(S(OS(=O)(=O)C(F)(F)S(=O)(=O)OS(c2ccc(C(C)(C)C)cc2)(c2ccc(C(C)(C)C)cc2)c2ccc(C(C)(C)C)cc2)(c2ccc(C(C)(C)C)cc2)c2ccc(C(C)(C)C)cc2)cc1. The van der Waals surface area contributed by atoms with E-state index in [9.17, 15) is 0 Å². The van der Waals surface area contributed by atoms with E-state index in [0.29, 0.717) is 0 Å². The third kappa shape index (κ3) is 11.8. The summed E-state index contributed by atoms with van der Waals surface area (Å²) in [6, 6.07) is 42.3. The highest BCUT2D eigenvalue weighted by Gasteiger charge is 2.65. The summed E-state index contributed by atoms with van der Waals surface area (Å²) in [5.74, 6) is 0. The molecule has 0 aromatic heterocycles. The van der Waals surface area contributed by atoms with Crippen molar-refractivity contribution in [3.63, 3.8) is 0 Å². The van der Waals surface area contributed by atoms with Gasteiger partial charge in [-0.25, -0.2) is 7.26 Å². The fourth-order valence-corrected chi connectivity index (χ4v) is 19.3. The molecule has 0 aliphatic rings. The van der Waals surface area contributed by atoms with Gasteiger partial charge in [0.15, 0.2) is 0 Å². The van der Waals surface area contributed by atoms with Gasteiger partial charge in [-0.3, -0.25) is 0 Å². The van der Waals surface area contributed by atoms with Crippen LogP contribution in [0.1, 0.15) is 158 Å². The topological polar surface area (TPSA) is 86.7 Å². The second kappa shape index (κ2) is 19.7. The number of hydrogen-bond donors (Lipinski definition) is 0. The van der Waals surface area contributed by atoms with Crippen molar-refractivity contribution in [2.24, 2.45) is 0 Å². The summed E-state index contributed by atoms with van der Waals surface area (Å²) < 4.78 is 104. The molecule has 0 spiro atoms. The van der Waals surface area contributed by atoms with Crippen LogP contribution >= 0.6 is 20.6 Å². The number of rotatable bonds is 12. The molecule has 0 bridgehead atoms. The number of hydrogen-bond acceptors (Lipinski definition) is 6. The Morgan fingerprint density at radius 3 is 0.493 bits per heavy atom. The van der Waals surface area contributed by atoms with Gasteiger partial charge >= 0.3 is 24.8 Å². The van der Waals surface area contributed by atoms with Crippen molar-refractivity contribution < 1.29 is 32.9 Å². The zero-order valence-electron chi connectivity index (χ0n) is 46.2. The van der Waals surface area contributed by atoms with Crippen molar-refractivity contribution in [3.8, 4) is 0 Å². The fraction of sp³-hybridized carbons (Fsp3) is 0.410. The van der Waals surface area contributed by atoms with Crippen molar-refractivity contribution in [2.45, 2.75) is 191 Å². The molecule has 0 radical (unpaired) electrons. The van der Waals surface area contributed by atoms with Crippen LogP contribution in [0.4, 0.5) is 8.78 Å². The summed E-state index contributed by atoms with van der Waals surface area (Å²) in [5.41, 5.74) is 3.46. The molecular formula is C61H78F2O6S4. The Hall–Kier alpha value is -4.30. The fourth-order valence-electron chi connectivity index (χ4n) is 8.40. The van der Waals surface area contributed by atoms with Gasteiger partial charge in [-0.2, -0.15) is 25.6 Å². The lowest BCUT2D eigenvalue weighted by molar-refractivity contribution is 0.159. The van der Waals surface area contributed by atoms with Gasteiger partial charge in [-0.15, -0.1) is 0 Å². The van der Waals surface area contributed by atoms with E-state index in [2.05, 4.69) is 0 Å². The first-order valence-electron chi connectivity index (χ1n) is 24.8. The van der Waals surface area contributed by atoms with Gasteiger partial charge < -0.3 is 0 Å². The van der Waals surface area contributed by atoms with Gasteiger partial charge in [0.05, 0.1) is 0 Å². The molecule has 396 valence electrons. The maximum Gasteiger partial charge on any atom is 0.498 e. The maximum atomic E-state index is 18.1. The Morgan fingerprint density at radius 2 is 0.384 bits per heavy atom. The molecule has 12 heteroatoms. The highest BCUT2D eigenvalue weighted by Crippen LogP contribution is 2.73. The summed E-state index contributed by atoms with van der Waals surface area (Å²) in [5, 5.41) is 0. The van der Waals surface area contributed by atoms with Crippen LogP contribution in [0.3, 0.4) is 0 Å². The minimum absolute atomic E-state index is 0.266. The highest BCUT2D eigenvalue weighted by molar-refractivity contribution is 8.35. The van der Waals surface area contributed by atoms with Gasteiger partial charge in [0, 0.05) is 29.4 Å². The Bertz CT molecular complexity index is 2610. The van der Waals surface area contributed by atoms with Crippen molar-refractivity contribution in [1.82, 2.24) is 0 Å². The third-order valence-corrected chi connectivity index (χ3v) is 24.4. The van der Waals surface area contributed by atoms with Crippen molar-refractivity contribution in [1.29, 1.82) is 0 Å². The van der Waals surface area contributed by atoms with Crippen LogP contribution in [0.25, 0.3) is 0 Å². The van der Waals surface area contributed by atoms with E-state index < -0.39 is 45.4 Å². The number of benzene rings is 6. The van der Waals surface area contributed by atoms with E-state index in [-0.39, 0.29) is 61.9 Å². The van der Waals surface area contributed by atoms with Crippen LogP contribution in [0.2, 0.25) is 0 Å². The number of halogens is 2. The normalized spacial score (nSPS) is 14.5. The molecule has 0 saturated heterocycles. The predicted octanol–water partition coefficient (Wildman–Crippen LogP) is 17.8. The lowest BCUT2D eigenvalue weighted by atomic mass is 9.87. The quantitative estimate of drug-likeness (QED) is 0.121. The Labute approximate surface area is 441 Å². The predicted molar refractivity (Wildman–Crippen MR) is 301 cm³/mol. The van der Waals surface area contributed by atoms with E-state index in [1.807, 2.05) is 197 Å². The molecule has 0 unspecified atom stereocenters. The number of alkyl halides is 2. The van der Waals surface area contributed by atoms with Crippen LogP contribution in [0.5, 0.6) is 0 Å². The van der Waals surface area contributed by atoms with Crippen molar-refractivity contribution >= 4 is 40.9 Å². The van der Waals surface area contributed by atoms with Gasteiger partial charge in [0.2, 0.25) is 0 Å². The standard InChI is InChI=1S/C61H78F2O6S4/c1-55(2,3)43-19-31-49(32-20-43)70(50-33-21-44(22-34-50)56(4,5)6,51-35-23-45(24-36-51)57(7,8)9)68-72(64,65)61(62,63)73(66,67)69-71(52-37-25-46(26-38-52)58(10,11)12,53-39-27-47(28-40-53)59(13,14)15)54-41-29-48(30-42-54)60(16,17)18/h19-42H,1-18H3. The second-order valence-electron chi connectivity index (χ2n) is 25.3. The summed E-state index contributed by atoms with van der Waals surface area (Å²) >= 11 is 0. The molecule has 0 N–H and O–H groups in total. The van der Waals surface area contributed by atoms with E-state index in [0.717, 1.165) is 33.4 Å². The largest absolute Gasteiger partial charge is 0.498 e. The zero-order chi connectivity index (χ0) is 54.8. The van der Waals surface area contributed by atoms with Crippen LogP contribution in [-0.2, 0) is 60.0 Å². The summed E-state index contributed by atoms with van der Waals surface area (Å²) in [4.78, 5) is 1.59. The highest BCUT2D eigenvalue weighted by atomic mass is 32.3. The molecule has 73 heavy (non-hydrogen) atoms. The average Bonchev–Trinajstić information content (AvgIpc) is 3.28. The van der Waals surface area contributed by atoms with E-state index in [4.69, 9.17) is 7.26 Å². The second-order valence-corrected chi connectivity index (χ2v) is 34.5. The smallest absolute Gasteiger partial charge is 0.201 e. The summed E-state index contributed by atoms with van der Waals surface area (Å²) in [6.45, 7) is 36.6. The first-order chi connectivity index (χ1) is 33.2. The monoisotopic (exact) mass is 1070 g/mol. The van der Waals surface area contributed by atoms with Crippen molar-refractivity contribution in [3.05, 3.63) is 179 Å². The van der Waals surface area contributed by atoms with Crippen LogP contribution in [0.15, 0.2) is 175 Å². The van der Waals surface area contributed by atoms with Crippen molar-refractivity contribution in [2.75, 3.05) is 0 Å². The molecule has 0 aliphatic heterocycles. The lowest BCUT2D eigenvalue weighted by Crippen LogP contribution is -2.41. The van der Waals surface area contributed by atoms with E-state index in [1.165, 1.54) is 0 Å². The van der Waals surface area contributed by atoms with E-state index >= 15 is 25.6 Å². The molecule has 6 aromatic carbocycles. The first-order valence-corrected chi connectivity index (χ1v) is 30.7. The molecule has 6 aromatic rings. The van der Waals surface area contributed by atoms with Crippen LogP contribution in [-0.4, -0.2) is 21.4 Å². The molecule has 0 heterocycles. The molecule has 0 atom stereocenters. The third-order valence-electron chi connectivity index (χ3n) is 13.3. The molecule has 6 nitrogen and oxygen atoms in total. The minimum atomic E-state index is -6.53. The van der Waals surface area contributed by atoms with Gasteiger partial charge in [-0.05, 0) is 159 Å².